The van der Waals surface area contributed by atoms with Crippen LogP contribution in [0.4, 0.5) is 5.82 Å². The highest BCUT2D eigenvalue weighted by atomic mass is 15.0. The van der Waals surface area contributed by atoms with Gasteiger partial charge < -0.3 is 5.32 Å². The summed E-state index contributed by atoms with van der Waals surface area (Å²) in [5.41, 5.74) is 3.82. The van der Waals surface area contributed by atoms with E-state index in [0.29, 0.717) is 0 Å². The lowest BCUT2D eigenvalue weighted by molar-refractivity contribution is 0.590. The lowest BCUT2D eigenvalue weighted by atomic mass is 9.86. The van der Waals surface area contributed by atoms with Gasteiger partial charge in [0.15, 0.2) is 0 Å². The molecule has 0 saturated carbocycles. The molecule has 0 atom stereocenters. The first-order valence-electron chi connectivity index (χ1n) is 7.13. The van der Waals surface area contributed by atoms with Crippen LogP contribution in [0.1, 0.15) is 45.7 Å². The van der Waals surface area contributed by atoms with E-state index in [-0.39, 0.29) is 5.41 Å². The Bertz CT molecular complexity index is 580. The Hall–Kier alpha value is -1.57. The van der Waals surface area contributed by atoms with Crippen molar-refractivity contribution in [3.05, 3.63) is 35.4 Å². The lowest BCUT2D eigenvalue weighted by Crippen LogP contribution is -2.16. The lowest BCUT2D eigenvalue weighted by Gasteiger charge is -2.23. The van der Waals surface area contributed by atoms with Gasteiger partial charge in [0.2, 0.25) is 0 Å². The molecule has 0 saturated heterocycles. The van der Waals surface area contributed by atoms with Crippen LogP contribution in [0.15, 0.2) is 24.3 Å². The predicted molar refractivity (Wildman–Crippen MR) is 84.0 cm³/mol. The number of fused-ring (bicyclic) bond motifs is 1. The van der Waals surface area contributed by atoms with E-state index in [1.165, 1.54) is 16.5 Å². The summed E-state index contributed by atoms with van der Waals surface area (Å²) in [7, 11) is 0. The molecule has 2 aromatic rings. The maximum atomic E-state index is 4.80. The number of aryl methyl sites for hydroxylation is 1. The normalized spacial score (nSPS) is 11.8. The topological polar surface area (TPSA) is 24.9 Å². The van der Waals surface area contributed by atoms with Crippen LogP contribution in [0, 0.1) is 0 Å². The van der Waals surface area contributed by atoms with Crippen LogP contribution in [0.3, 0.4) is 0 Å². The summed E-state index contributed by atoms with van der Waals surface area (Å²) >= 11 is 0. The average Bonchev–Trinajstić information content (AvgIpc) is 2.36. The molecule has 2 nitrogen and oxygen atoms in total. The Balaban J connectivity index is 2.66. The largest absolute Gasteiger partial charge is 0.370 e. The number of hydrogen-bond acceptors (Lipinski definition) is 2. The molecule has 0 unspecified atom stereocenters. The third-order valence-electron chi connectivity index (χ3n) is 3.44. The molecule has 2 heteroatoms. The second-order valence-electron chi connectivity index (χ2n) is 6.05. The average molecular weight is 256 g/mol. The number of nitrogens with zero attached hydrogens (tertiary/aromatic N) is 1. The number of nitrogens with one attached hydrogen (secondary N) is 1. The molecule has 0 radical (unpaired) electrons. The smallest absolute Gasteiger partial charge is 0.130 e. The van der Waals surface area contributed by atoms with Crippen molar-refractivity contribution in [2.75, 3.05) is 11.9 Å². The minimum Gasteiger partial charge on any atom is -0.370 e. The molecule has 0 aliphatic heterocycles. The summed E-state index contributed by atoms with van der Waals surface area (Å²) in [4.78, 5) is 4.80. The van der Waals surface area contributed by atoms with E-state index < -0.39 is 0 Å². The van der Waals surface area contributed by atoms with Gasteiger partial charge in [-0.15, -0.1) is 0 Å². The first-order valence-corrected chi connectivity index (χ1v) is 7.13. The summed E-state index contributed by atoms with van der Waals surface area (Å²) in [6.45, 7) is 11.9. The molecule has 2 rings (SSSR count). The molecular formula is C17H24N2. The zero-order valence-electron chi connectivity index (χ0n) is 12.7. The van der Waals surface area contributed by atoms with Gasteiger partial charge >= 0.3 is 0 Å². The molecule has 0 fully saturated rings. The highest BCUT2D eigenvalue weighted by molar-refractivity contribution is 5.83. The fraction of sp³-hybridized carbons (Fsp3) is 0.471. The highest BCUT2D eigenvalue weighted by Crippen LogP contribution is 2.31. The Morgan fingerprint density at radius 2 is 1.84 bits per heavy atom. The monoisotopic (exact) mass is 256 g/mol. The molecule has 1 heterocycles. The third-order valence-corrected chi connectivity index (χ3v) is 3.44. The van der Waals surface area contributed by atoms with Gasteiger partial charge in [0, 0.05) is 17.5 Å². The summed E-state index contributed by atoms with van der Waals surface area (Å²) in [6.07, 6.45) is 1.07. The SMILES string of the molecule is CCNc1nc2ccc(CC)cc2cc1C(C)(C)C. The summed E-state index contributed by atoms with van der Waals surface area (Å²) < 4.78 is 0. The van der Waals surface area contributed by atoms with Crippen molar-refractivity contribution in [3.8, 4) is 0 Å². The molecule has 0 aliphatic rings. The summed E-state index contributed by atoms with van der Waals surface area (Å²) in [5.74, 6) is 1.02. The number of rotatable bonds is 3. The second-order valence-corrected chi connectivity index (χ2v) is 6.05. The number of anilines is 1. The summed E-state index contributed by atoms with van der Waals surface area (Å²) in [5, 5.41) is 4.63. The predicted octanol–water partition coefficient (Wildman–Crippen LogP) is 4.53. The van der Waals surface area contributed by atoms with Crippen LogP contribution in [0.5, 0.6) is 0 Å². The zero-order valence-corrected chi connectivity index (χ0v) is 12.7. The van der Waals surface area contributed by atoms with Crippen molar-refractivity contribution in [1.82, 2.24) is 4.98 Å². The van der Waals surface area contributed by atoms with Gasteiger partial charge in [-0.05, 0) is 42.5 Å². The van der Waals surface area contributed by atoms with Crippen molar-refractivity contribution < 1.29 is 0 Å². The number of pyridine rings is 1. The Morgan fingerprint density at radius 3 is 2.42 bits per heavy atom. The van der Waals surface area contributed by atoms with E-state index in [9.17, 15) is 0 Å². The van der Waals surface area contributed by atoms with Gasteiger partial charge in [0.05, 0.1) is 5.52 Å². The van der Waals surface area contributed by atoms with Crippen LogP contribution < -0.4 is 5.32 Å². The van der Waals surface area contributed by atoms with E-state index >= 15 is 0 Å². The molecule has 1 aromatic heterocycles. The molecule has 0 aliphatic carbocycles. The van der Waals surface area contributed by atoms with Crippen molar-refractivity contribution in [1.29, 1.82) is 0 Å². The Morgan fingerprint density at radius 1 is 1.11 bits per heavy atom. The molecule has 102 valence electrons. The van der Waals surface area contributed by atoms with Gasteiger partial charge in [-0.2, -0.15) is 0 Å². The third kappa shape index (κ3) is 2.89. The maximum absolute atomic E-state index is 4.80. The number of aromatic nitrogens is 1. The van der Waals surface area contributed by atoms with Gasteiger partial charge in [0.1, 0.15) is 5.82 Å². The van der Waals surface area contributed by atoms with Crippen LogP contribution in [-0.4, -0.2) is 11.5 Å². The molecule has 1 aromatic carbocycles. The molecule has 0 spiro atoms. The van der Waals surface area contributed by atoms with E-state index in [1.54, 1.807) is 0 Å². The minimum atomic E-state index is 0.0981. The van der Waals surface area contributed by atoms with Crippen molar-refractivity contribution >= 4 is 16.7 Å². The van der Waals surface area contributed by atoms with Crippen LogP contribution in [0.25, 0.3) is 10.9 Å². The van der Waals surface area contributed by atoms with Crippen LogP contribution in [-0.2, 0) is 11.8 Å². The molecule has 1 N–H and O–H groups in total. The number of benzene rings is 1. The first kappa shape index (κ1) is 13.9. The standard InChI is InChI=1S/C17H24N2/c1-6-12-8-9-15-13(10-12)11-14(17(3,4)5)16(19-15)18-7-2/h8-11H,6-7H2,1-5H3,(H,18,19). The van der Waals surface area contributed by atoms with Gasteiger partial charge in [-0.25, -0.2) is 4.98 Å². The molecular weight excluding hydrogens is 232 g/mol. The van der Waals surface area contributed by atoms with Crippen LogP contribution in [0.2, 0.25) is 0 Å². The van der Waals surface area contributed by atoms with Crippen molar-refractivity contribution in [2.45, 2.75) is 46.5 Å². The molecule has 0 bridgehead atoms. The van der Waals surface area contributed by atoms with E-state index in [2.05, 4.69) is 64.2 Å². The molecule has 0 amide bonds. The Labute approximate surface area is 116 Å². The van der Waals surface area contributed by atoms with E-state index in [4.69, 9.17) is 4.98 Å². The second kappa shape index (κ2) is 5.20. The fourth-order valence-corrected chi connectivity index (χ4v) is 2.32. The quantitative estimate of drug-likeness (QED) is 0.873. The molecule has 19 heavy (non-hydrogen) atoms. The van der Waals surface area contributed by atoms with Crippen molar-refractivity contribution in [2.24, 2.45) is 0 Å². The Kier molecular flexibility index (Phi) is 3.79. The van der Waals surface area contributed by atoms with Crippen molar-refractivity contribution in [3.63, 3.8) is 0 Å². The first-order chi connectivity index (χ1) is 8.95. The summed E-state index contributed by atoms with van der Waals surface area (Å²) in [6, 6.07) is 8.84. The fourth-order valence-electron chi connectivity index (χ4n) is 2.32. The van der Waals surface area contributed by atoms with Crippen LogP contribution >= 0.6 is 0 Å². The minimum absolute atomic E-state index is 0.0981. The van der Waals surface area contributed by atoms with Gasteiger partial charge in [-0.1, -0.05) is 33.8 Å². The maximum Gasteiger partial charge on any atom is 0.130 e. The zero-order chi connectivity index (χ0) is 14.0. The van der Waals surface area contributed by atoms with E-state index in [0.717, 1.165) is 24.3 Å². The van der Waals surface area contributed by atoms with E-state index in [1.807, 2.05) is 0 Å². The highest BCUT2D eigenvalue weighted by Gasteiger charge is 2.19. The number of hydrogen-bond donors (Lipinski definition) is 1. The van der Waals surface area contributed by atoms with Gasteiger partial charge in [-0.3, -0.25) is 0 Å². The van der Waals surface area contributed by atoms with Gasteiger partial charge in [0.25, 0.3) is 0 Å².